The lowest BCUT2D eigenvalue weighted by Gasteiger charge is -2.14. The molecule has 1 aromatic carbocycles. The molecule has 21 heavy (non-hydrogen) atoms. The Kier molecular flexibility index (Phi) is 3.45. The van der Waals surface area contributed by atoms with Crippen LogP contribution in [0.5, 0.6) is 0 Å². The van der Waals surface area contributed by atoms with Crippen molar-refractivity contribution in [2.75, 3.05) is 26.2 Å². The van der Waals surface area contributed by atoms with Crippen molar-refractivity contribution in [2.24, 2.45) is 11.8 Å². The number of hydrogen-bond acceptors (Lipinski definition) is 4. The fraction of sp³-hybridized carbons (Fsp3) is 0.438. The maximum absolute atomic E-state index is 6.01. The number of benzene rings is 1. The standard InChI is InChI=1S/C16H18ClN3O/c17-14-3-1-2-11(4-14)16-19-15(10-21-16)9-20-7-12-5-18-6-13(12)8-20/h1-4,10,12-13,18H,5-9H2. The Balaban J connectivity index is 1.45. The second-order valence-corrected chi connectivity index (χ2v) is 6.46. The summed E-state index contributed by atoms with van der Waals surface area (Å²) in [6.07, 6.45) is 1.77. The van der Waals surface area contributed by atoms with Crippen molar-refractivity contribution < 1.29 is 4.42 Å². The molecule has 2 fully saturated rings. The van der Waals surface area contributed by atoms with Crippen molar-refractivity contribution in [3.05, 3.63) is 41.2 Å². The fourth-order valence-electron chi connectivity index (χ4n) is 3.44. The molecule has 0 spiro atoms. The third-order valence-corrected chi connectivity index (χ3v) is 4.71. The molecule has 0 amide bonds. The van der Waals surface area contributed by atoms with E-state index in [9.17, 15) is 0 Å². The van der Waals surface area contributed by atoms with Crippen LogP contribution in [0.25, 0.3) is 11.5 Å². The van der Waals surface area contributed by atoms with Gasteiger partial charge in [-0.1, -0.05) is 17.7 Å². The van der Waals surface area contributed by atoms with Crippen LogP contribution in [0.2, 0.25) is 5.02 Å². The van der Waals surface area contributed by atoms with Gasteiger partial charge in [0, 0.05) is 30.2 Å². The van der Waals surface area contributed by atoms with Gasteiger partial charge in [-0.2, -0.15) is 0 Å². The SMILES string of the molecule is Clc1cccc(-c2nc(CN3CC4CNCC4C3)co2)c1. The number of oxazole rings is 1. The van der Waals surface area contributed by atoms with E-state index in [0.29, 0.717) is 10.9 Å². The van der Waals surface area contributed by atoms with Crippen LogP contribution in [0.4, 0.5) is 0 Å². The minimum absolute atomic E-state index is 0.647. The summed E-state index contributed by atoms with van der Waals surface area (Å²) in [6.45, 7) is 5.52. The van der Waals surface area contributed by atoms with Crippen LogP contribution in [0.3, 0.4) is 0 Å². The van der Waals surface area contributed by atoms with Crippen molar-refractivity contribution >= 4 is 11.6 Å². The van der Waals surface area contributed by atoms with E-state index < -0.39 is 0 Å². The molecule has 2 aliphatic heterocycles. The van der Waals surface area contributed by atoms with Gasteiger partial charge >= 0.3 is 0 Å². The number of fused-ring (bicyclic) bond motifs is 1. The van der Waals surface area contributed by atoms with Crippen LogP contribution in [-0.2, 0) is 6.54 Å². The van der Waals surface area contributed by atoms with Crippen molar-refractivity contribution in [1.82, 2.24) is 15.2 Å². The molecule has 0 saturated carbocycles. The molecule has 2 aromatic rings. The van der Waals surface area contributed by atoms with Gasteiger partial charge in [0.05, 0.1) is 5.69 Å². The Morgan fingerprint density at radius 2 is 2.10 bits per heavy atom. The molecule has 2 aliphatic rings. The number of nitrogens with one attached hydrogen (secondary N) is 1. The van der Waals surface area contributed by atoms with Gasteiger partial charge in [-0.15, -0.1) is 0 Å². The van der Waals surface area contributed by atoms with Gasteiger partial charge in [0.25, 0.3) is 0 Å². The topological polar surface area (TPSA) is 41.3 Å². The van der Waals surface area contributed by atoms with Crippen molar-refractivity contribution in [3.8, 4) is 11.5 Å². The summed E-state index contributed by atoms with van der Waals surface area (Å²) in [5.41, 5.74) is 1.93. The third-order valence-electron chi connectivity index (χ3n) is 4.47. The Morgan fingerprint density at radius 1 is 1.29 bits per heavy atom. The monoisotopic (exact) mass is 303 g/mol. The molecule has 2 atom stereocenters. The van der Waals surface area contributed by atoms with Gasteiger partial charge in [-0.25, -0.2) is 4.98 Å². The number of aromatic nitrogens is 1. The van der Waals surface area contributed by atoms with E-state index in [1.807, 2.05) is 24.3 Å². The Bertz CT molecular complexity index is 630. The minimum atomic E-state index is 0.647. The van der Waals surface area contributed by atoms with E-state index in [-0.39, 0.29) is 0 Å². The van der Waals surface area contributed by atoms with E-state index >= 15 is 0 Å². The van der Waals surface area contributed by atoms with Gasteiger partial charge in [-0.05, 0) is 43.1 Å². The van der Waals surface area contributed by atoms with Crippen LogP contribution in [0.15, 0.2) is 34.9 Å². The maximum Gasteiger partial charge on any atom is 0.226 e. The van der Waals surface area contributed by atoms with E-state index in [0.717, 1.165) is 55.8 Å². The van der Waals surface area contributed by atoms with Crippen LogP contribution < -0.4 is 5.32 Å². The number of likely N-dealkylation sites (tertiary alicyclic amines) is 1. The first-order valence-electron chi connectivity index (χ1n) is 7.41. The average Bonchev–Trinajstić information content (AvgIpc) is 3.14. The summed E-state index contributed by atoms with van der Waals surface area (Å²) >= 11 is 6.01. The zero-order valence-electron chi connectivity index (χ0n) is 11.8. The van der Waals surface area contributed by atoms with Crippen molar-refractivity contribution in [1.29, 1.82) is 0 Å². The van der Waals surface area contributed by atoms with Gasteiger partial charge < -0.3 is 9.73 Å². The average molecular weight is 304 g/mol. The highest BCUT2D eigenvalue weighted by Gasteiger charge is 2.36. The van der Waals surface area contributed by atoms with Crippen molar-refractivity contribution in [2.45, 2.75) is 6.54 Å². The zero-order valence-corrected chi connectivity index (χ0v) is 12.5. The largest absolute Gasteiger partial charge is 0.444 e. The third kappa shape index (κ3) is 2.71. The van der Waals surface area contributed by atoms with Crippen LogP contribution >= 0.6 is 11.6 Å². The molecule has 4 rings (SSSR count). The predicted octanol–water partition coefficient (Wildman–Crippen LogP) is 2.65. The second kappa shape index (κ2) is 5.44. The van der Waals surface area contributed by atoms with Crippen molar-refractivity contribution in [3.63, 3.8) is 0 Å². The summed E-state index contributed by atoms with van der Waals surface area (Å²) < 4.78 is 5.60. The molecule has 2 unspecified atom stereocenters. The van der Waals surface area contributed by atoms with Gasteiger partial charge in [0.2, 0.25) is 5.89 Å². The molecule has 3 heterocycles. The lowest BCUT2D eigenvalue weighted by Crippen LogP contribution is -2.25. The number of rotatable bonds is 3. The normalized spacial score (nSPS) is 25.4. The first kappa shape index (κ1) is 13.3. The van der Waals surface area contributed by atoms with Gasteiger partial charge in [-0.3, -0.25) is 4.90 Å². The Labute approximate surface area is 129 Å². The quantitative estimate of drug-likeness (QED) is 0.946. The zero-order chi connectivity index (χ0) is 14.2. The molecule has 0 radical (unpaired) electrons. The smallest absolute Gasteiger partial charge is 0.226 e. The fourth-order valence-corrected chi connectivity index (χ4v) is 3.63. The highest BCUT2D eigenvalue weighted by molar-refractivity contribution is 6.30. The molecule has 5 heteroatoms. The summed E-state index contributed by atoms with van der Waals surface area (Å²) in [5.74, 6) is 2.27. The molecule has 4 nitrogen and oxygen atoms in total. The van der Waals surface area contributed by atoms with Crippen LogP contribution in [0, 0.1) is 11.8 Å². The van der Waals surface area contributed by atoms with E-state index in [1.165, 1.54) is 0 Å². The van der Waals surface area contributed by atoms with E-state index in [2.05, 4.69) is 15.2 Å². The highest BCUT2D eigenvalue weighted by atomic mass is 35.5. The second-order valence-electron chi connectivity index (χ2n) is 6.03. The summed E-state index contributed by atoms with van der Waals surface area (Å²) in [5, 5.41) is 4.17. The number of hydrogen-bond donors (Lipinski definition) is 1. The first-order valence-corrected chi connectivity index (χ1v) is 7.79. The Morgan fingerprint density at radius 3 is 2.86 bits per heavy atom. The van der Waals surface area contributed by atoms with E-state index in [1.54, 1.807) is 6.26 Å². The summed E-state index contributed by atoms with van der Waals surface area (Å²) in [7, 11) is 0. The minimum Gasteiger partial charge on any atom is -0.444 e. The molecule has 1 aromatic heterocycles. The first-order chi connectivity index (χ1) is 10.3. The molecular formula is C16H18ClN3O. The lowest BCUT2D eigenvalue weighted by molar-refractivity contribution is 0.302. The molecule has 2 saturated heterocycles. The highest BCUT2D eigenvalue weighted by Crippen LogP contribution is 2.28. The predicted molar refractivity (Wildman–Crippen MR) is 82.1 cm³/mol. The van der Waals surface area contributed by atoms with Crippen LogP contribution in [-0.4, -0.2) is 36.1 Å². The number of nitrogens with zero attached hydrogens (tertiary/aromatic N) is 2. The molecular weight excluding hydrogens is 286 g/mol. The Hall–Kier alpha value is -1.36. The molecule has 0 aliphatic carbocycles. The molecule has 1 N–H and O–H groups in total. The van der Waals surface area contributed by atoms with Crippen LogP contribution in [0.1, 0.15) is 5.69 Å². The van der Waals surface area contributed by atoms with E-state index in [4.69, 9.17) is 16.0 Å². The molecule has 110 valence electrons. The maximum atomic E-state index is 6.01. The number of halogens is 1. The summed E-state index contributed by atoms with van der Waals surface area (Å²) in [6, 6.07) is 7.61. The van der Waals surface area contributed by atoms with Gasteiger partial charge in [0.15, 0.2) is 0 Å². The molecule has 0 bridgehead atoms. The lowest BCUT2D eigenvalue weighted by atomic mass is 10.0. The van der Waals surface area contributed by atoms with Gasteiger partial charge in [0.1, 0.15) is 6.26 Å². The summed E-state index contributed by atoms with van der Waals surface area (Å²) in [4.78, 5) is 7.08.